The van der Waals surface area contributed by atoms with Gasteiger partial charge in [0.1, 0.15) is 5.75 Å². The highest BCUT2D eigenvalue weighted by Crippen LogP contribution is 2.16. The zero-order chi connectivity index (χ0) is 14.7. The van der Waals surface area contributed by atoms with Crippen LogP contribution >= 0.6 is 11.3 Å². The van der Waals surface area contributed by atoms with Crippen LogP contribution in [0, 0.1) is 0 Å². The molecule has 0 fully saturated rings. The number of anilines is 1. The van der Waals surface area contributed by atoms with Gasteiger partial charge in [0.25, 0.3) is 5.56 Å². The van der Waals surface area contributed by atoms with Gasteiger partial charge in [-0.2, -0.15) is 0 Å². The average Bonchev–Trinajstić information content (AvgIpc) is 2.96. The van der Waals surface area contributed by atoms with E-state index < -0.39 is 0 Å². The van der Waals surface area contributed by atoms with Crippen LogP contribution in [0.25, 0.3) is 4.96 Å². The fraction of sp³-hybridized carbons (Fsp3) is 0.200. The molecular formula is C15H15N3O2S. The fourth-order valence-electron chi connectivity index (χ4n) is 2.01. The highest BCUT2D eigenvalue weighted by Gasteiger charge is 2.03. The molecule has 0 atom stereocenters. The molecule has 1 N–H and O–H groups in total. The average molecular weight is 301 g/mol. The molecule has 0 spiro atoms. The van der Waals surface area contributed by atoms with Crippen molar-refractivity contribution in [3.8, 4) is 5.75 Å². The summed E-state index contributed by atoms with van der Waals surface area (Å²) in [6.07, 6.45) is 1.74. The van der Waals surface area contributed by atoms with Gasteiger partial charge in [0.15, 0.2) is 4.96 Å². The molecule has 6 heteroatoms. The van der Waals surface area contributed by atoms with E-state index in [0.717, 1.165) is 17.1 Å². The van der Waals surface area contributed by atoms with Crippen LogP contribution in [0.1, 0.15) is 12.6 Å². The molecule has 0 aliphatic carbocycles. The summed E-state index contributed by atoms with van der Waals surface area (Å²) in [6.45, 7) is 3.12. The van der Waals surface area contributed by atoms with Crippen molar-refractivity contribution < 1.29 is 4.74 Å². The molecular weight excluding hydrogens is 286 g/mol. The Bertz CT molecular complexity index is 793. The number of benzene rings is 1. The molecule has 0 bridgehead atoms. The summed E-state index contributed by atoms with van der Waals surface area (Å²) in [4.78, 5) is 17.0. The minimum absolute atomic E-state index is 0.0512. The molecule has 2 heterocycles. The van der Waals surface area contributed by atoms with Crippen molar-refractivity contribution in [1.29, 1.82) is 0 Å². The molecule has 21 heavy (non-hydrogen) atoms. The normalized spacial score (nSPS) is 10.7. The topological polar surface area (TPSA) is 55.6 Å². The minimum atomic E-state index is -0.0512. The maximum atomic E-state index is 11.9. The number of nitrogens with zero attached hydrogens (tertiary/aromatic N) is 2. The predicted molar refractivity (Wildman–Crippen MR) is 84.3 cm³/mol. The van der Waals surface area contributed by atoms with Crippen molar-refractivity contribution in [2.75, 3.05) is 11.9 Å². The van der Waals surface area contributed by atoms with Gasteiger partial charge < -0.3 is 10.1 Å². The SMILES string of the molecule is CCOc1ccc(NCc2cc(=O)n3ccsc3n2)cc1. The standard InChI is InChI=1S/C15H15N3O2S/c1-2-20-13-5-3-11(4-6-13)16-10-12-9-14(19)18-7-8-21-15(18)17-12/h3-9,16H,2,10H2,1H3. The van der Waals surface area contributed by atoms with E-state index in [2.05, 4.69) is 10.3 Å². The first-order chi connectivity index (χ1) is 10.3. The molecule has 0 aliphatic rings. The van der Waals surface area contributed by atoms with Crippen LogP contribution in [0.5, 0.6) is 5.75 Å². The summed E-state index contributed by atoms with van der Waals surface area (Å²) in [5.41, 5.74) is 1.65. The molecule has 3 aromatic rings. The molecule has 0 saturated carbocycles. The maximum Gasteiger partial charge on any atom is 0.258 e. The predicted octanol–water partition coefficient (Wildman–Crippen LogP) is 2.77. The molecule has 0 radical (unpaired) electrons. The molecule has 0 aliphatic heterocycles. The van der Waals surface area contributed by atoms with Gasteiger partial charge in [0, 0.05) is 23.3 Å². The summed E-state index contributed by atoms with van der Waals surface area (Å²) in [5.74, 6) is 0.847. The third-order valence-corrected chi connectivity index (χ3v) is 3.75. The number of aromatic nitrogens is 2. The molecule has 2 aromatic heterocycles. The van der Waals surface area contributed by atoms with Crippen molar-refractivity contribution in [2.45, 2.75) is 13.5 Å². The van der Waals surface area contributed by atoms with Gasteiger partial charge in [0.05, 0.1) is 18.8 Å². The van der Waals surface area contributed by atoms with Crippen molar-refractivity contribution in [1.82, 2.24) is 9.38 Å². The van der Waals surface area contributed by atoms with Gasteiger partial charge in [-0.3, -0.25) is 9.20 Å². The molecule has 0 amide bonds. The molecule has 5 nitrogen and oxygen atoms in total. The van der Waals surface area contributed by atoms with Gasteiger partial charge in [-0.05, 0) is 31.2 Å². The van der Waals surface area contributed by atoms with Crippen LogP contribution in [-0.2, 0) is 6.54 Å². The molecule has 108 valence electrons. The lowest BCUT2D eigenvalue weighted by molar-refractivity contribution is 0.340. The van der Waals surface area contributed by atoms with Crippen molar-refractivity contribution in [3.63, 3.8) is 0 Å². The monoisotopic (exact) mass is 301 g/mol. The largest absolute Gasteiger partial charge is 0.494 e. The maximum absolute atomic E-state index is 11.9. The summed E-state index contributed by atoms with van der Waals surface area (Å²) < 4.78 is 6.94. The number of hydrogen-bond acceptors (Lipinski definition) is 5. The lowest BCUT2D eigenvalue weighted by Gasteiger charge is -2.07. The summed E-state index contributed by atoms with van der Waals surface area (Å²) in [7, 11) is 0. The zero-order valence-electron chi connectivity index (χ0n) is 11.6. The molecule has 0 saturated heterocycles. The van der Waals surface area contributed by atoms with Crippen LogP contribution in [0.4, 0.5) is 5.69 Å². The second kappa shape index (κ2) is 5.97. The Morgan fingerprint density at radius 2 is 2.14 bits per heavy atom. The van der Waals surface area contributed by atoms with E-state index in [9.17, 15) is 4.79 Å². The minimum Gasteiger partial charge on any atom is -0.494 e. The van der Waals surface area contributed by atoms with Crippen LogP contribution in [0.3, 0.4) is 0 Å². The first kappa shape index (κ1) is 13.6. The quantitative estimate of drug-likeness (QED) is 0.787. The number of hydrogen-bond donors (Lipinski definition) is 1. The lowest BCUT2D eigenvalue weighted by atomic mass is 10.3. The van der Waals surface area contributed by atoms with E-state index in [-0.39, 0.29) is 5.56 Å². The van der Waals surface area contributed by atoms with Crippen LogP contribution in [-0.4, -0.2) is 16.0 Å². The highest BCUT2D eigenvalue weighted by atomic mass is 32.1. The molecule has 0 unspecified atom stereocenters. The Morgan fingerprint density at radius 1 is 1.33 bits per heavy atom. The third kappa shape index (κ3) is 3.05. The fourth-order valence-corrected chi connectivity index (χ4v) is 2.75. The lowest BCUT2D eigenvalue weighted by Crippen LogP contribution is -2.14. The highest BCUT2D eigenvalue weighted by molar-refractivity contribution is 7.15. The van der Waals surface area contributed by atoms with Gasteiger partial charge in [-0.15, -0.1) is 11.3 Å². The number of rotatable bonds is 5. The Kier molecular flexibility index (Phi) is 3.87. The van der Waals surface area contributed by atoms with Gasteiger partial charge in [-0.25, -0.2) is 4.98 Å². The van der Waals surface area contributed by atoms with Crippen molar-refractivity contribution in [2.24, 2.45) is 0 Å². The summed E-state index contributed by atoms with van der Waals surface area (Å²) in [6, 6.07) is 9.28. The molecule has 1 aromatic carbocycles. The second-order valence-electron chi connectivity index (χ2n) is 4.45. The first-order valence-electron chi connectivity index (χ1n) is 6.69. The zero-order valence-corrected chi connectivity index (χ0v) is 12.4. The Labute approximate surface area is 125 Å². The van der Waals surface area contributed by atoms with Crippen LogP contribution in [0.15, 0.2) is 46.7 Å². The van der Waals surface area contributed by atoms with Crippen LogP contribution in [0.2, 0.25) is 0 Å². The van der Waals surface area contributed by atoms with E-state index in [1.54, 1.807) is 16.7 Å². The van der Waals surface area contributed by atoms with Gasteiger partial charge in [-0.1, -0.05) is 0 Å². The van der Waals surface area contributed by atoms with Gasteiger partial charge in [0.2, 0.25) is 0 Å². The van der Waals surface area contributed by atoms with Crippen LogP contribution < -0.4 is 15.6 Å². The van der Waals surface area contributed by atoms with Crippen molar-refractivity contribution >= 4 is 22.0 Å². The van der Waals surface area contributed by atoms with E-state index in [0.29, 0.717) is 18.1 Å². The summed E-state index contributed by atoms with van der Waals surface area (Å²) in [5, 5.41) is 5.11. The van der Waals surface area contributed by atoms with E-state index >= 15 is 0 Å². The number of ether oxygens (including phenoxy) is 1. The smallest absolute Gasteiger partial charge is 0.258 e. The summed E-state index contributed by atoms with van der Waals surface area (Å²) >= 11 is 1.45. The van der Waals surface area contributed by atoms with E-state index in [1.807, 2.05) is 36.6 Å². The van der Waals surface area contributed by atoms with E-state index in [1.165, 1.54) is 11.3 Å². The number of nitrogens with one attached hydrogen (secondary N) is 1. The Morgan fingerprint density at radius 3 is 2.90 bits per heavy atom. The Balaban J connectivity index is 1.72. The Hall–Kier alpha value is -2.34. The number of fused-ring (bicyclic) bond motifs is 1. The number of thiazole rings is 1. The second-order valence-corrected chi connectivity index (χ2v) is 5.33. The van der Waals surface area contributed by atoms with E-state index in [4.69, 9.17) is 4.74 Å². The molecule has 3 rings (SSSR count). The third-order valence-electron chi connectivity index (χ3n) is 3.00. The van der Waals surface area contributed by atoms with Gasteiger partial charge >= 0.3 is 0 Å². The van der Waals surface area contributed by atoms with Crippen molar-refractivity contribution in [3.05, 3.63) is 58.0 Å². The first-order valence-corrected chi connectivity index (χ1v) is 7.57.